The molecule has 10 nitrogen and oxygen atoms in total. The number of aliphatic carboxylic acids is 2. The summed E-state index contributed by atoms with van der Waals surface area (Å²) in [5.74, 6) is -2.40. The largest absolute Gasteiger partial charge is 0.481 e. The van der Waals surface area contributed by atoms with Gasteiger partial charge in [-0.25, -0.2) is 19.6 Å². The highest BCUT2D eigenvalue weighted by Crippen LogP contribution is 2.26. The summed E-state index contributed by atoms with van der Waals surface area (Å²) < 4.78 is 5.16. The Kier molecular flexibility index (Phi) is 8.67. The summed E-state index contributed by atoms with van der Waals surface area (Å²) in [7, 11) is 0. The Morgan fingerprint density at radius 1 is 0.868 bits per heavy atom. The van der Waals surface area contributed by atoms with Crippen LogP contribution < -0.4 is 11.1 Å². The molecule has 2 atom stereocenters. The number of anilines is 1. The van der Waals surface area contributed by atoms with Crippen molar-refractivity contribution in [1.29, 1.82) is 0 Å². The zero-order chi connectivity index (χ0) is 28.0. The van der Waals surface area contributed by atoms with Crippen LogP contribution in [0.4, 0.5) is 10.7 Å². The van der Waals surface area contributed by atoms with Gasteiger partial charge in [0.25, 0.3) is 0 Å². The Hall–Kier alpha value is -4.47. The average molecular weight is 521 g/mol. The number of hydrogen-bond donors (Lipinski definition) is 4. The van der Waals surface area contributed by atoms with Crippen LogP contribution in [0.25, 0.3) is 22.5 Å². The Bertz CT molecular complexity index is 1300. The molecule has 0 aliphatic rings. The van der Waals surface area contributed by atoms with Crippen molar-refractivity contribution in [3.8, 4) is 22.5 Å². The van der Waals surface area contributed by atoms with E-state index in [1.54, 1.807) is 58.0 Å². The smallest absolute Gasteiger partial charge is 0.408 e. The van der Waals surface area contributed by atoms with E-state index in [4.69, 9.17) is 15.6 Å². The Balaban J connectivity index is 1.75. The van der Waals surface area contributed by atoms with Gasteiger partial charge in [-0.2, -0.15) is 0 Å². The monoisotopic (exact) mass is 520 g/mol. The molecule has 38 heavy (non-hydrogen) atoms. The lowest BCUT2D eigenvalue weighted by Crippen LogP contribution is -2.44. The normalized spacial score (nSPS) is 12.8. The quantitative estimate of drug-likeness (QED) is 0.324. The minimum Gasteiger partial charge on any atom is -0.481 e. The summed E-state index contributed by atoms with van der Waals surface area (Å²) in [5.41, 5.74) is 9.60. The van der Waals surface area contributed by atoms with Gasteiger partial charge >= 0.3 is 18.0 Å². The third kappa shape index (κ3) is 8.02. The lowest BCUT2D eigenvalue weighted by Gasteiger charge is -2.22. The standard InChI is InChI=1S/C28H32N4O6/c1-16(24(33)34)13-17-5-9-19(10-6-17)21-15-22(31-26(29)30-21)20-11-7-18(8-12-20)14-23(25(35)36)32-27(37)38-28(2,3)4/h5-12,15-16,23H,13-14H2,1-4H3,(H,32,37)(H,33,34)(H,35,36)(H2,29,30,31). The summed E-state index contributed by atoms with van der Waals surface area (Å²) in [5, 5.41) is 21.1. The van der Waals surface area contributed by atoms with Gasteiger partial charge in [0.2, 0.25) is 5.95 Å². The number of ether oxygens (including phenoxy) is 1. The van der Waals surface area contributed by atoms with E-state index in [2.05, 4.69) is 15.3 Å². The zero-order valence-electron chi connectivity index (χ0n) is 21.8. The minimum absolute atomic E-state index is 0.0683. The molecular formula is C28H32N4O6. The molecular weight excluding hydrogens is 488 g/mol. The number of alkyl carbamates (subject to hydrolysis) is 1. The van der Waals surface area contributed by atoms with Gasteiger partial charge in [-0.3, -0.25) is 4.79 Å². The fraction of sp³-hybridized carbons (Fsp3) is 0.321. The summed E-state index contributed by atoms with van der Waals surface area (Å²) in [4.78, 5) is 43.5. The first kappa shape index (κ1) is 28.1. The SMILES string of the molecule is CC(Cc1ccc(-c2cc(-c3ccc(CC(NC(=O)OC(C)(C)C)C(=O)O)cc3)nc(N)n2)cc1)C(=O)O. The predicted molar refractivity (Wildman–Crippen MR) is 142 cm³/mol. The molecule has 0 saturated heterocycles. The van der Waals surface area contributed by atoms with Crippen LogP contribution in [0.1, 0.15) is 38.8 Å². The first-order chi connectivity index (χ1) is 17.8. The third-order valence-corrected chi connectivity index (χ3v) is 5.64. The van der Waals surface area contributed by atoms with Crippen molar-refractivity contribution in [2.24, 2.45) is 5.92 Å². The summed E-state index contributed by atoms with van der Waals surface area (Å²) in [6.45, 7) is 6.76. The molecule has 1 amide bonds. The van der Waals surface area contributed by atoms with E-state index in [0.29, 0.717) is 23.4 Å². The molecule has 2 aromatic carbocycles. The van der Waals surface area contributed by atoms with Crippen LogP contribution in [0, 0.1) is 5.92 Å². The lowest BCUT2D eigenvalue weighted by molar-refractivity contribution is -0.141. The van der Waals surface area contributed by atoms with E-state index in [1.807, 2.05) is 24.3 Å². The van der Waals surface area contributed by atoms with Gasteiger partial charge in [0.05, 0.1) is 17.3 Å². The van der Waals surface area contributed by atoms with Gasteiger partial charge in [-0.15, -0.1) is 0 Å². The van der Waals surface area contributed by atoms with Crippen LogP contribution in [0.15, 0.2) is 54.6 Å². The molecule has 2 unspecified atom stereocenters. The maximum atomic E-state index is 12.0. The maximum Gasteiger partial charge on any atom is 0.408 e. The second-order valence-electron chi connectivity index (χ2n) is 10.1. The molecule has 0 aliphatic heterocycles. The van der Waals surface area contributed by atoms with E-state index in [1.165, 1.54) is 0 Å². The zero-order valence-corrected chi connectivity index (χ0v) is 21.8. The maximum absolute atomic E-state index is 12.0. The number of nitrogens with two attached hydrogens (primary N) is 1. The molecule has 0 saturated carbocycles. The molecule has 200 valence electrons. The third-order valence-electron chi connectivity index (χ3n) is 5.64. The van der Waals surface area contributed by atoms with Crippen LogP contribution in [0.2, 0.25) is 0 Å². The van der Waals surface area contributed by atoms with E-state index in [0.717, 1.165) is 16.7 Å². The van der Waals surface area contributed by atoms with Crippen LogP contribution in [0.3, 0.4) is 0 Å². The van der Waals surface area contributed by atoms with Crippen molar-refractivity contribution >= 4 is 24.0 Å². The van der Waals surface area contributed by atoms with Crippen molar-refractivity contribution in [2.45, 2.75) is 52.2 Å². The second-order valence-corrected chi connectivity index (χ2v) is 10.1. The molecule has 0 radical (unpaired) electrons. The number of benzene rings is 2. The molecule has 3 rings (SSSR count). The molecule has 0 fully saturated rings. The average Bonchev–Trinajstić information content (AvgIpc) is 2.83. The van der Waals surface area contributed by atoms with Crippen LogP contribution >= 0.6 is 0 Å². The van der Waals surface area contributed by atoms with Gasteiger partial charge < -0.3 is 26.0 Å². The van der Waals surface area contributed by atoms with Crippen molar-refractivity contribution in [1.82, 2.24) is 15.3 Å². The Morgan fingerprint density at radius 2 is 1.34 bits per heavy atom. The van der Waals surface area contributed by atoms with E-state index < -0.39 is 35.6 Å². The lowest BCUT2D eigenvalue weighted by atomic mass is 9.99. The van der Waals surface area contributed by atoms with Crippen molar-refractivity contribution < 1.29 is 29.3 Å². The molecule has 1 aromatic heterocycles. The predicted octanol–water partition coefficient (Wildman–Crippen LogP) is 4.18. The van der Waals surface area contributed by atoms with Crippen molar-refractivity contribution in [3.63, 3.8) is 0 Å². The molecule has 10 heteroatoms. The van der Waals surface area contributed by atoms with Crippen LogP contribution in [0.5, 0.6) is 0 Å². The molecule has 0 bridgehead atoms. The summed E-state index contributed by atoms with van der Waals surface area (Å²) in [6, 6.07) is 15.2. The summed E-state index contributed by atoms with van der Waals surface area (Å²) in [6.07, 6.45) is -0.302. The van der Waals surface area contributed by atoms with Gasteiger partial charge in [0.1, 0.15) is 11.6 Å². The first-order valence-corrected chi connectivity index (χ1v) is 12.1. The summed E-state index contributed by atoms with van der Waals surface area (Å²) >= 11 is 0. The Labute approximate surface area is 220 Å². The Morgan fingerprint density at radius 3 is 1.76 bits per heavy atom. The van der Waals surface area contributed by atoms with E-state index in [-0.39, 0.29) is 12.4 Å². The minimum atomic E-state index is -1.17. The van der Waals surface area contributed by atoms with E-state index in [9.17, 15) is 19.5 Å². The number of carbonyl (C=O) groups is 3. The highest BCUT2D eigenvalue weighted by Gasteiger charge is 2.24. The van der Waals surface area contributed by atoms with E-state index >= 15 is 0 Å². The van der Waals surface area contributed by atoms with Crippen molar-refractivity contribution in [3.05, 3.63) is 65.7 Å². The number of rotatable bonds is 9. The topological polar surface area (TPSA) is 165 Å². The number of aromatic nitrogens is 2. The van der Waals surface area contributed by atoms with Gasteiger partial charge in [-0.1, -0.05) is 55.5 Å². The number of hydrogen-bond acceptors (Lipinski definition) is 7. The number of nitrogens with zero attached hydrogens (tertiary/aromatic N) is 2. The number of carboxylic acid groups (broad SMARTS) is 2. The number of carboxylic acids is 2. The number of carbonyl (C=O) groups excluding carboxylic acids is 1. The number of nitrogen functional groups attached to an aromatic ring is 1. The molecule has 0 aliphatic carbocycles. The molecule has 1 heterocycles. The number of nitrogens with one attached hydrogen (secondary N) is 1. The van der Waals surface area contributed by atoms with Crippen molar-refractivity contribution in [2.75, 3.05) is 5.73 Å². The fourth-order valence-electron chi connectivity index (χ4n) is 3.71. The number of amides is 1. The van der Waals surface area contributed by atoms with Gasteiger partial charge in [-0.05, 0) is 44.4 Å². The van der Waals surface area contributed by atoms with Gasteiger partial charge in [0, 0.05) is 17.5 Å². The highest BCUT2D eigenvalue weighted by atomic mass is 16.6. The van der Waals surface area contributed by atoms with Crippen LogP contribution in [-0.4, -0.2) is 49.9 Å². The highest BCUT2D eigenvalue weighted by molar-refractivity contribution is 5.80. The van der Waals surface area contributed by atoms with Gasteiger partial charge in [0.15, 0.2) is 0 Å². The second kappa shape index (κ2) is 11.7. The molecule has 5 N–H and O–H groups in total. The molecule has 0 spiro atoms. The fourth-order valence-corrected chi connectivity index (χ4v) is 3.71. The molecule has 3 aromatic rings. The van der Waals surface area contributed by atoms with Crippen LogP contribution in [-0.2, 0) is 27.2 Å². The first-order valence-electron chi connectivity index (χ1n) is 12.1.